The van der Waals surface area contributed by atoms with Crippen molar-refractivity contribution in [1.82, 2.24) is 9.88 Å². The molecular formula is C16H19FN2O2. The van der Waals surface area contributed by atoms with Gasteiger partial charge in [0.05, 0.1) is 12.7 Å². The van der Waals surface area contributed by atoms with Gasteiger partial charge in [-0.25, -0.2) is 9.37 Å². The Kier molecular flexibility index (Phi) is 4.31. The Morgan fingerprint density at radius 3 is 3.14 bits per heavy atom. The van der Waals surface area contributed by atoms with Crippen molar-refractivity contribution in [2.75, 3.05) is 19.7 Å². The molecule has 5 heteroatoms. The van der Waals surface area contributed by atoms with Gasteiger partial charge in [-0.1, -0.05) is 12.1 Å². The smallest absolute Gasteiger partial charge is 0.209 e. The van der Waals surface area contributed by atoms with E-state index in [-0.39, 0.29) is 12.4 Å². The van der Waals surface area contributed by atoms with Gasteiger partial charge in [-0.2, -0.15) is 0 Å². The van der Waals surface area contributed by atoms with Gasteiger partial charge < -0.3 is 9.52 Å². The lowest BCUT2D eigenvalue weighted by Crippen LogP contribution is -2.36. The van der Waals surface area contributed by atoms with Crippen molar-refractivity contribution in [2.45, 2.75) is 19.4 Å². The molecule has 4 nitrogen and oxygen atoms in total. The second-order valence-corrected chi connectivity index (χ2v) is 5.55. The van der Waals surface area contributed by atoms with Crippen molar-refractivity contribution in [2.24, 2.45) is 5.92 Å². The summed E-state index contributed by atoms with van der Waals surface area (Å²) < 4.78 is 18.9. The number of nitrogens with zero attached hydrogens (tertiary/aromatic N) is 2. The zero-order valence-corrected chi connectivity index (χ0v) is 11.8. The van der Waals surface area contributed by atoms with Gasteiger partial charge in [0.25, 0.3) is 0 Å². The number of oxazole rings is 1. The van der Waals surface area contributed by atoms with E-state index in [4.69, 9.17) is 4.42 Å². The maximum atomic E-state index is 13.2. The second kappa shape index (κ2) is 6.37. The van der Waals surface area contributed by atoms with Crippen LogP contribution in [0.5, 0.6) is 0 Å². The molecule has 2 heterocycles. The monoisotopic (exact) mass is 290 g/mol. The van der Waals surface area contributed by atoms with Crippen LogP contribution in [-0.2, 0) is 6.54 Å². The van der Waals surface area contributed by atoms with Gasteiger partial charge in [-0.15, -0.1) is 0 Å². The first-order chi connectivity index (χ1) is 10.2. The quantitative estimate of drug-likeness (QED) is 0.940. The summed E-state index contributed by atoms with van der Waals surface area (Å²) in [6.45, 7) is 2.73. The van der Waals surface area contributed by atoms with Crippen LogP contribution in [0.3, 0.4) is 0 Å². The fourth-order valence-electron chi connectivity index (χ4n) is 2.79. The molecule has 1 aromatic heterocycles. The highest BCUT2D eigenvalue weighted by Gasteiger charge is 2.20. The predicted octanol–water partition coefficient (Wildman–Crippen LogP) is 2.69. The third kappa shape index (κ3) is 3.49. The lowest BCUT2D eigenvalue weighted by atomic mass is 9.99. The molecule has 3 rings (SSSR count). The van der Waals surface area contributed by atoms with Crippen LogP contribution in [0, 0.1) is 11.7 Å². The molecule has 21 heavy (non-hydrogen) atoms. The number of aromatic nitrogens is 1. The average molecular weight is 290 g/mol. The van der Waals surface area contributed by atoms with Crippen LogP contribution in [0.4, 0.5) is 4.39 Å². The van der Waals surface area contributed by atoms with Crippen LogP contribution in [0.2, 0.25) is 0 Å². The summed E-state index contributed by atoms with van der Waals surface area (Å²) in [5.41, 5.74) is 0.695. The molecule has 0 bridgehead atoms. The molecule has 1 N–H and O–H groups in total. The molecule has 2 aromatic rings. The normalized spacial score (nSPS) is 19.8. The fourth-order valence-corrected chi connectivity index (χ4v) is 2.79. The number of hydrogen-bond acceptors (Lipinski definition) is 4. The van der Waals surface area contributed by atoms with Gasteiger partial charge in [-0.05, 0) is 37.4 Å². The molecule has 112 valence electrons. The summed E-state index contributed by atoms with van der Waals surface area (Å²) in [4.78, 5) is 6.52. The van der Waals surface area contributed by atoms with Crippen LogP contribution in [0.15, 0.2) is 34.9 Å². The van der Waals surface area contributed by atoms with Crippen molar-refractivity contribution >= 4 is 0 Å². The number of halogens is 1. The Bertz CT molecular complexity index is 599. The molecule has 1 aromatic carbocycles. The number of rotatable bonds is 4. The summed E-state index contributed by atoms with van der Waals surface area (Å²) in [7, 11) is 0. The summed E-state index contributed by atoms with van der Waals surface area (Å²) in [5.74, 6) is 1.27. The zero-order chi connectivity index (χ0) is 14.7. The van der Waals surface area contributed by atoms with Gasteiger partial charge in [0.1, 0.15) is 5.82 Å². The minimum Gasteiger partial charge on any atom is -0.439 e. The minimum atomic E-state index is -0.285. The first-order valence-corrected chi connectivity index (χ1v) is 7.28. The molecule has 0 radical (unpaired) electrons. The number of hydrogen-bond donors (Lipinski definition) is 1. The molecule has 1 aliphatic heterocycles. The van der Waals surface area contributed by atoms with Crippen molar-refractivity contribution < 1.29 is 13.9 Å². The Morgan fingerprint density at radius 2 is 2.33 bits per heavy atom. The van der Waals surface area contributed by atoms with E-state index >= 15 is 0 Å². The van der Waals surface area contributed by atoms with Crippen molar-refractivity contribution in [3.05, 3.63) is 42.2 Å². The molecular weight excluding hydrogens is 271 g/mol. The Balaban J connectivity index is 1.68. The predicted molar refractivity (Wildman–Crippen MR) is 77.0 cm³/mol. The number of aliphatic hydroxyl groups excluding tert-OH is 1. The average Bonchev–Trinajstić information content (AvgIpc) is 2.96. The minimum absolute atomic E-state index is 0.233. The van der Waals surface area contributed by atoms with E-state index in [9.17, 15) is 9.50 Å². The van der Waals surface area contributed by atoms with E-state index in [1.165, 1.54) is 12.1 Å². The van der Waals surface area contributed by atoms with Crippen LogP contribution in [0.25, 0.3) is 11.3 Å². The Hall–Kier alpha value is -1.72. The number of aliphatic hydroxyl groups is 1. The Morgan fingerprint density at radius 1 is 1.43 bits per heavy atom. The van der Waals surface area contributed by atoms with Crippen LogP contribution in [-0.4, -0.2) is 34.7 Å². The van der Waals surface area contributed by atoms with Crippen molar-refractivity contribution in [3.8, 4) is 11.3 Å². The topological polar surface area (TPSA) is 49.5 Å². The van der Waals surface area contributed by atoms with Gasteiger partial charge >= 0.3 is 0 Å². The highest BCUT2D eigenvalue weighted by Crippen LogP contribution is 2.23. The SMILES string of the molecule is OCC1CCCN(Cc2ncc(-c3cccc(F)c3)o2)C1. The number of likely N-dealkylation sites (tertiary alicyclic amines) is 1. The molecule has 0 saturated carbocycles. The second-order valence-electron chi connectivity index (χ2n) is 5.55. The molecule has 0 spiro atoms. The lowest BCUT2D eigenvalue weighted by molar-refractivity contribution is 0.109. The van der Waals surface area contributed by atoms with Gasteiger partial charge in [0.15, 0.2) is 5.76 Å². The van der Waals surface area contributed by atoms with Crippen LogP contribution in [0.1, 0.15) is 18.7 Å². The number of piperidine rings is 1. The van der Waals surface area contributed by atoms with E-state index in [1.54, 1.807) is 18.3 Å². The van der Waals surface area contributed by atoms with Crippen molar-refractivity contribution in [1.29, 1.82) is 0 Å². The van der Waals surface area contributed by atoms with Crippen LogP contribution >= 0.6 is 0 Å². The molecule has 0 aliphatic carbocycles. The van der Waals surface area contributed by atoms with Gasteiger partial charge in [-0.3, -0.25) is 4.90 Å². The molecule has 1 saturated heterocycles. The molecule has 1 atom stereocenters. The van der Waals surface area contributed by atoms with E-state index in [2.05, 4.69) is 9.88 Å². The molecule has 0 amide bonds. The first kappa shape index (κ1) is 14.2. The summed E-state index contributed by atoms with van der Waals surface area (Å²) in [5, 5.41) is 9.25. The van der Waals surface area contributed by atoms with Crippen LogP contribution < -0.4 is 0 Å². The highest BCUT2D eigenvalue weighted by molar-refractivity contribution is 5.56. The molecule has 1 aliphatic rings. The maximum absolute atomic E-state index is 13.2. The summed E-state index contributed by atoms with van der Waals surface area (Å²) in [6.07, 6.45) is 3.80. The zero-order valence-electron chi connectivity index (χ0n) is 11.8. The molecule has 1 fully saturated rings. The lowest BCUT2D eigenvalue weighted by Gasteiger charge is -2.30. The standard InChI is InChI=1S/C16H19FN2O2/c17-14-5-1-4-13(7-14)15-8-18-16(21-15)10-19-6-2-3-12(9-19)11-20/h1,4-5,7-8,12,20H,2-3,6,9-11H2. The van der Waals surface area contributed by atoms with E-state index in [0.29, 0.717) is 29.7 Å². The molecule has 1 unspecified atom stereocenters. The Labute approximate surface area is 123 Å². The van der Waals surface area contributed by atoms with E-state index < -0.39 is 0 Å². The van der Waals surface area contributed by atoms with E-state index in [1.807, 2.05) is 0 Å². The van der Waals surface area contributed by atoms with Gasteiger partial charge in [0.2, 0.25) is 5.89 Å². The maximum Gasteiger partial charge on any atom is 0.209 e. The summed E-state index contributed by atoms with van der Waals surface area (Å²) in [6, 6.07) is 6.30. The number of benzene rings is 1. The van der Waals surface area contributed by atoms with Gasteiger partial charge in [0, 0.05) is 18.7 Å². The summed E-state index contributed by atoms with van der Waals surface area (Å²) >= 11 is 0. The van der Waals surface area contributed by atoms with E-state index in [0.717, 1.165) is 25.9 Å². The third-order valence-electron chi connectivity index (χ3n) is 3.88. The highest BCUT2D eigenvalue weighted by atomic mass is 19.1. The fraction of sp³-hybridized carbons (Fsp3) is 0.438. The van der Waals surface area contributed by atoms with Crippen molar-refractivity contribution in [3.63, 3.8) is 0 Å². The first-order valence-electron chi connectivity index (χ1n) is 7.28. The largest absolute Gasteiger partial charge is 0.439 e. The third-order valence-corrected chi connectivity index (χ3v) is 3.88.